The molecule has 2 aromatic carbocycles. The van der Waals surface area contributed by atoms with E-state index >= 15 is 0 Å². The van der Waals surface area contributed by atoms with Crippen molar-refractivity contribution in [2.75, 3.05) is 18.6 Å². The van der Waals surface area contributed by atoms with Gasteiger partial charge in [-0.2, -0.15) is 13.2 Å². The Bertz CT molecular complexity index is 918. The number of nitrogens with zero attached hydrogens (tertiary/aromatic N) is 1. The van der Waals surface area contributed by atoms with Crippen LogP contribution < -0.4 is 15.6 Å². The summed E-state index contributed by atoms with van der Waals surface area (Å²) in [6, 6.07) is 10.6. The van der Waals surface area contributed by atoms with Crippen molar-refractivity contribution in [3.8, 4) is 5.75 Å². The minimum Gasteiger partial charge on any atom is -0.493 e. The minimum absolute atomic E-state index is 0.0933. The summed E-state index contributed by atoms with van der Waals surface area (Å²) in [4.78, 5) is 27.1. The Labute approximate surface area is 172 Å². The molecule has 1 atom stereocenters. The van der Waals surface area contributed by atoms with Crippen LogP contribution in [0, 0.1) is 0 Å². The first kappa shape index (κ1) is 21.5. The lowest BCUT2D eigenvalue weighted by molar-refractivity contribution is -0.137. The Morgan fingerprint density at radius 3 is 2.67 bits per heavy atom. The van der Waals surface area contributed by atoms with Gasteiger partial charge in [-0.1, -0.05) is 18.2 Å². The van der Waals surface area contributed by atoms with Crippen molar-refractivity contribution in [1.29, 1.82) is 0 Å². The zero-order valence-electron chi connectivity index (χ0n) is 16.3. The minimum atomic E-state index is -4.48. The third-order valence-corrected chi connectivity index (χ3v) is 4.75. The number of amides is 2. The van der Waals surface area contributed by atoms with Gasteiger partial charge in [-0.15, -0.1) is 0 Å². The summed E-state index contributed by atoms with van der Waals surface area (Å²) in [6.45, 7) is 2.61. The molecule has 2 N–H and O–H groups in total. The predicted molar refractivity (Wildman–Crippen MR) is 105 cm³/mol. The Hall–Kier alpha value is -3.23. The summed E-state index contributed by atoms with van der Waals surface area (Å²) in [7, 11) is 0. The van der Waals surface area contributed by atoms with Crippen LogP contribution in [0.1, 0.15) is 35.7 Å². The number of nitrogens with one attached hydrogen (secondary N) is 2. The van der Waals surface area contributed by atoms with Crippen LogP contribution in [0.3, 0.4) is 0 Å². The highest BCUT2D eigenvalue weighted by Crippen LogP contribution is 2.30. The molecule has 1 aliphatic rings. The van der Waals surface area contributed by atoms with Gasteiger partial charge in [0, 0.05) is 6.54 Å². The molecule has 0 aromatic heterocycles. The van der Waals surface area contributed by atoms with Crippen molar-refractivity contribution in [2.24, 2.45) is 0 Å². The molecule has 2 amide bonds. The molecule has 0 saturated carbocycles. The second kappa shape index (κ2) is 9.06. The van der Waals surface area contributed by atoms with Crippen molar-refractivity contribution in [3.63, 3.8) is 0 Å². The van der Waals surface area contributed by atoms with E-state index in [1.54, 1.807) is 24.3 Å². The predicted octanol–water partition coefficient (Wildman–Crippen LogP) is 3.85. The number of carbonyl (C=O) groups is 2. The third-order valence-electron chi connectivity index (χ3n) is 4.75. The molecule has 0 spiro atoms. The number of benzene rings is 2. The molecule has 0 bridgehead atoms. The highest BCUT2D eigenvalue weighted by molar-refractivity contribution is 6.00. The van der Waals surface area contributed by atoms with Crippen LogP contribution in [-0.4, -0.2) is 35.9 Å². The summed E-state index contributed by atoms with van der Waals surface area (Å²) >= 11 is 0. The highest BCUT2D eigenvalue weighted by Gasteiger charge is 2.35. The summed E-state index contributed by atoms with van der Waals surface area (Å²) < 4.78 is 44.0. The van der Waals surface area contributed by atoms with Crippen LogP contribution >= 0.6 is 0 Å². The summed E-state index contributed by atoms with van der Waals surface area (Å²) in [5.74, 6) is -0.374. The highest BCUT2D eigenvalue weighted by atomic mass is 19.4. The fourth-order valence-electron chi connectivity index (χ4n) is 3.35. The van der Waals surface area contributed by atoms with Crippen molar-refractivity contribution in [1.82, 2.24) is 10.3 Å². The van der Waals surface area contributed by atoms with Gasteiger partial charge in [0.25, 0.3) is 11.8 Å². The van der Waals surface area contributed by atoms with Crippen LogP contribution in [0.15, 0.2) is 48.5 Å². The normalized spacial score (nSPS) is 16.3. The van der Waals surface area contributed by atoms with E-state index in [2.05, 4.69) is 10.9 Å². The molecule has 30 heavy (non-hydrogen) atoms. The molecule has 1 heterocycles. The average Bonchev–Trinajstić information content (AvgIpc) is 3.22. The third kappa shape index (κ3) is 4.84. The zero-order valence-corrected chi connectivity index (χ0v) is 16.3. The van der Waals surface area contributed by atoms with E-state index < -0.39 is 23.7 Å². The van der Waals surface area contributed by atoms with E-state index in [0.717, 1.165) is 12.1 Å². The average molecular weight is 421 g/mol. The number of hydrogen-bond acceptors (Lipinski definition) is 4. The lowest BCUT2D eigenvalue weighted by Crippen LogP contribution is -2.47. The van der Waals surface area contributed by atoms with Crippen LogP contribution in [-0.2, 0) is 11.0 Å². The lowest BCUT2D eigenvalue weighted by atomic mass is 10.1. The number of halogens is 3. The standard InChI is InChI=1S/C21H22F3N3O3/c1-2-30-18-11-4-3-9-16(18)20(29)27-12-6-10-17(27)19(28)26-25-15-8-5-7-14(13-15)21(22,23)24/h3-5,7-9,11,13,17,25H,2,6,10,12H2,1H3,(H,26,28). The van der Waals surface area contributed by atoms with Gasteiger partial charge in [-0.05, 0) is 50.1 Å². The smallest absolute Gasteiger partial charge is 0.416 e. The molecular formula is C21H22F3N3O3. The molecule has 160 valence electrons. The van der Waals surface area contributed by atoms with Crippen LogP contribution in [0.4, 0.5) is 18.9 Å². The number of alkyl halides is 3. The number of rotatable bonds is 6. The molecular weight excluding hydrogens is 399 g/mol. The van der Waals surface area contributed by atoms with Gasteiger partial charge in [-0.25, -0.2) is 0 Å². The fraction of sp³-hybridized carbons (Fsp3) is 0.333. The fourth-order valence-corrected chi connectivity index (χ4v) is 3.35. The maximum Gasteiger partial charge on any atom is 0.416 e. The lowest BCUT2D eigenvalue weighted by Gasteiger charge is -2.25. The van der Waals surface area contributed by atoms with E-state index in [-0.39, 0.29) is 11.6 Å². The molecule has 9 heteroatoms. The second-order valence-electron chi connectivity index (χ2n) is 6.78. The van der Waals surface area contributed by atoms with Gasteiger partial charge in [-0.3, -0.25) is 20.4 Å². The number of para-hydroxylation sites is 1. The second-order valence-corrected chi connectivity index (χ2v) is 6.78. The van der Waals surface area contributed by atoms with Gasteiger partial charge < -0.3 is 9.64 Å². The van der Waals surface area contributed by atoms with Gasteiger partial charge in [0.15, 0.2) is 0 Å². The molecule has 3 rings (SSSR count). The number of hydrazine groups is 1. The van der Waals surface area contributed by atoms with E-state index in [9.17, 15) is 22.8 Å². The van der Waals surface area contributed by atoms with Crippen molar-refractivity contribution >= 4 is 17.5 Å². The number of carbonyl (C=O) groups excluding carboxylic acids is 2. The van der Waals surface area contributed by atoms with E-state index in [4.69, 9.17) is 4.74 Å². The number of likely N-dealkylation sites (tertiary alicyclic amines) is 1. The monoisotopic (exact) mass is 421 g/mol. The maximum atomic E-state index is 13.0. The topological polar surface area (TPSA) is 70.7 Å². The number of ether oxygens (including phenoxy) is 1. The molecule has 2 aromatic rings. The number of hydrogen-bond donors (Lipinski definition) is 2. The molecule has 0 radical (unpaired) electrons. The SMILES string of the molecule is CCOc1ccccc1C(=O)N1CCCC1C(=O)NNc1cccc(C(F)(F)F)c1. The number of anilines is 1. The Kier molecular flexibility index (Phi) is 6.49. The first-order chi connectivity index (χ1) is 14.3. The Morgan fingerprint density at radius 1 is 1.17 bits per heavy atom. The zero-order chi connectivity index (χ0) is 21.7. The van der Waals surface area contributed by atoms with E-state index in [1.165, 1.54) is 17.0 Å². The molecule has 1 fully saturated rings. The molecule has 1 saturated heterocycles. The molecule has 6 nitrogen and oxygen atoms in total. The van der Waals surface area contributed by atoms with Crippen LogP contribution in [0.2, 0.25) is 0 Å². The quantitative estimate of drug-likeness (QED) is 0.695. The molecule has 0 aliphatic carbocycles. The van der Waals surface area contributed by atoms with Gasteiger partial charge in [0.05, 0.1) is 23.4 Å². The summed E-state index contributed by atoms with van der Waals surface area (Å²) in [5.41, 5.74) is 4.55. The Balaban J connectivity index is 1.68. The van der Waals surface area contributed by atoms with E-state index in [0.29, 0.717) is 37.3 Å². The van der Waals surface area contributed by atoms with Crippen LogP contribution in [0.5, 0.6) is 5.75 Å². The Morgan fingerprint density at radius 2 is 1.93 bits per heavy atom. The first-order valence-corrected chi connectivity index (χ1v) is 9.57. The maximum absolute atomic E-state index is 13.0. The van der Waals surface area contributed by atoms with Crippen molar-refractivity contribution in [3.05, 3.63) is 59.7 Å². The van der Waals surface area contributed by atoms with Crippen molar-refractivity contribution < 1.29 is 27.5 Å². The molecule has 1 unspecified atom stereocenters. The largest absolute Gasteiger partial charge is 0.493 e. The van der Waals surface area contributed by atoms with Gasteiger partial charge >= 0.3 is 6.18 Å². The first-order valence-electron chi connectivity index (χ1n) is 9.57. The van der Waals surface area contributed by atoms with Gasteiger partial charge in [0.2, 0.25) is 0 Å². The summed E-state index contributed by atoms with van der Waals surface area (Å²) in [6.07, 6.45) is -3.38. The van der Waals surface area contributed by atoms with E-state index in [1.807, 2.05) is 6.92 Å². The van der Waals surface area contributed by atoms with Gasteiger partial charge in [0.1, 0.15) is 11.8 Å². The van der Waals surface area contributed by atoms with Crippen molar-refractivity contribution in [2.45, 2.75) is 32.0 Å². The molecule has 1 aliphatic heterocycles. The van der Waals surface area contributed by atoms with Crippen LogP contribution in [0.25, 0.3) is 0 Å². The summed E-state index contributed by atoms with van der Waals surface area (Å²) in [5, 5.41) is 0.